The van der Waals surface area contributed by atoms with Gasteiger partial charge < -0.3 is 5.32 Å². The fourth-order valence-corrected chi connectivity index (χ4v) is 1.60. The van der Waals surface area contributed by atoms with Crippen LogP contribution in [0.25, 0.3) is 0 Å². The Morgan fingerprint density at radius 1 is 1.12 bits per heavy atom. The average molecular weight is 215 g/mol. The summed E-state index contributed by atoms with van der Waals surface area (Å²) in [5.74, 6) is 0.576. The van der Waals surface area contributed by atoms with E-state index >= 15 is 0 Å². The van der Waals surface area contributed by atoms with E-state index in [0.29, 0.717) is 5.92 Å². The summed E-state index contributed by atoms with van der Waals surface area (Å²) in [5.41, 5.74) is 3.47. The first-order valence-electron chi connectivity index (χ1n) is 5.51. The Labute approximate surface area is 96.1 Å². The second-order valence-electron chi connectivity index (χ2n) is 4.30. The topological polar surface area (TPSA) is 29.9 Å². The number of anilines is 2. The summed E-state index contributed by atoms with van der Waals surface area (Å²) in [5, 5.41) is 7.42. The van der Waals surface area contributed by atoms with Gasteiger partial charge in [0.25, 0.3) is 0 Å². The van der Waals surface area contributed by atoms with Gasteiger partial charge in [-0.2, -0.15) is 5.10 Å². The van der Waals surface area contributed by atoms with E-state index < -0.39 is 0 Å². The van der Waals surface area contributed by atoms with Crippen molar-refractivity contribution < 1.29 is 0 Å². The summed E-state index contributed by atoms with van der Waals surface area (Å²) < 4.78 is 1.78. The molecule has 0 aliphatic carbocycles. The van der Waals surface area contributed by atoms with Gasteiger partial charge in [-0.3, -0.25) is 4.68 Å². The highest BCUT2D eigenvalue weighted by molar-refractivity contribution is 5.58. The van der Waals surface area contributed by atoms with Crippen molar-refractivity contribution in [2.75, 3.05) is 5.32 Å². The van der Waals surface area contributed by atoms with Crippen LogP contribution in [-0.2, 0) is 7.05 Å². The standard InChI is InChI=1S/C13H17N3/c1-10(2)11-4-6-12(7-5-11)15-13-8-14-16(3)9-13/h4-10,15H,1-3H3. The van der Waals surface area contributed by atoms with E-state index in [1.165, 1.54) is 5.56 Å². The van der Waals surface area contributed by atoms with Crippen molar-refractivity contribution >= 4 is 11.4 Å². The van der Waals surface area contributed by atoms with E-state index in [-0.39, 0.29) is 0 Å². The minimum absolute atomic E-state index is 0.576. The Hall–Kier alpha value is -1.77. The maximum Gasteiger partial charge on any atom is 0.0770 e. The van der Waals surface area contributed by atoms with Crippen molar-refractivity contribution in [2.45, 2.75) is 19.8 Å². The van der Waals surface area contributed by atoms with E-state index in [1.54, 1.807) is 4.68 Å². The molecule has 0 saturated heterocycles. The minimum atomic E-state index is 0.576. The van der Waals surface area contributed by atoms with E-state index in [1.807, 2.05) is 19.4 Å². The van der Waals surface area contributed by atoms with Crippen LogP contribution in [0.3, 0.4) is 0 Å². The highest BCUT2D eigenvalue weighted by Crippen LogP contribution is 2.19. The fraction of sp³-hybridized carbons (Fsp3) is 0.308. The monoisotopic (exact) mass is 215 g/mol. The first-order chi connectivity index (χ1) is 7.65. The molecule has 0 bridgehead atoms. The smallest absolute Gasteiger partial charge is 0.0770 e. The van der Waals surface area contributed by atoms with Gasteiger partial charge in [0.05, 0.1) is 11.9 Å². The van der Waals surface area contributed by atoms with Crippen molar-refractivity contribution in [2.24, 2.45) is 7.05 Å². The molecule has 0 aliphatic heterocycles. The van der Waals surface area contributed by atoms with Crippen molar-refractivity contribution in [3.63, 3.8) is 0 Å². The first kappa shape index (κ1) is 10.7. The van der Waals surface area contributed by atoms with Crippen LogP contribution in [0.4, 0.5) is 11.4 Å². The van der Waals surface area contributed by atoms with Gasteiger partial charge in [0.2, 0.25) is 0 Å². The van der Waals surface area contributed by atoms with E-state index in [0.717, 1.165) is 11.4 Å². The van der Waals surface area contributed by atoms with Crippen LogP contribution in [0.2, 0.25) is 0 Å². The van der Waals surface area contributed by atoms with E-state index in [9.17, 15) is 0 Å². The van der Waals surface area contributed by atoms with Gasteiger partial charge in [-0.25, -0.2) is 0 Å². The van der Waals surface area contributed by atoms with Crippen molar-refractivity contribution in [1.29, 1.82) is 0 Å². The molecule has 2 rings (SSSR count). The molecule has 16 heavy (non-hydrogen) atoms. The van der Waals surface area contributed by atoms with Gasteiger partial charge >= 0.3 is 0 Å². The molecule has 1 aromatic heterocycles. The zero-order chi connectivity index (χ0) is 11.5. The Morgan fingerprint density at radius 2 is 1.81 bits per heavy atom. The van der Waals surface area contributed by atoms with Gasteiger partial charge in [-0.05, 0) is 23.6 Å². The SMILES string of the molecule is CC(C)c1ccc(Nc2cnn(C)c2)cc1. The predicted octanol–water partition coefficient (Wildman–Crippen LogP) is 3.29. The normalized spacial score (nSPS) is 10.8. The molecule has 1 heterocycles. The number of hydrogen-bond donors (Lipinski definition) is 1. The third kappa shape index (κ3) is 2.42. The van der Waals surface area contributed by atoms with Crippen LogP contribution in [-0.4, -0.2) is 9.78 Å². The number of benzene rings is 1. The lowest BCUT2D eigenvalue weighted by Gasteiger charge is -2.07. The number of nitrogens with zero attached hydrogens (tertiary/aromatic N) is 2. The molecule has 1 aromatic carbocycles. The Kier molecular flexibility index (Phi) is 2.95. The Balaban J connectivity index is 2.11. The Bertz CT molecular complexity index is 454. The largest absolute Gasteiger partial charge is 0.353 e. The molecule has 0 saturated carbocycles. The number of hydrogen-bond acceptors (Lipinski definition) is 2. The number of aromatic nitrogens is 2. The summed E-state index contributed by atoms with van der Waals surface area (Å²) in [7, 11) is 1.91. The van der Waals surface area contributed by atoms with E-state index in [4.69, 9.17) is 0 Å². The Morgan fingerprint density at radius 3 is 2.31 bits per heavy atom. The predicted molar refractivity (Wildman–Crippen MR) is 67.0 cm³/mol. The summed E-state index contributed by atoms with van der Waals surface area (Å²) in [6.07, 6.45) is 3.77. The lowest BCUT2D eigenvalue weighted by molar-refractivity contribution is 0.768. The summed E-state index contributed by atoms with van der Waals surface area (Å²) >= 11 is 0. The molecule has 3 nitrogen and oxygen atoms in total. The zero-order valence-electron chi connectivity index (χ0n) is 9.94. The van der Waals surface area contributed by atoms with Crippen LogP contribution < -0.4 is 5.32 Å². The molecule has 0 fully saturated rings. The third-order valence-corrected chi connectivity index (χ3v) is 2.57. The highest BCUT2D eigenvalue weighted by atomic mass is 15.3. The van der Waals surface area contributed by atoms with Crippen molar-refractivity contribution in [1.82, 2.24) is 9.78 Å². The quantitative estimate of drug-likeness (QED) is 0.851. The molecule has 0 amide bonds. The lowest BCUT2D eigenvalue weighted by atomic mass is 10.0. The second kappa shape index (κ2) is 4.39. The molecule has 0 spiro atoms. The average Bonchev–Trinajstić information content (AvgIpc) is 2.65. The van der Waals surface area contributed by atoms with Gasteiger partial charge in [-0.1, -0.05) is 26.0 Å². The van der Waals surface area contributed by atoms with Crippen molar-refractivity contribution in [3.8, 4) is 0 Å². The number of aryl methyl sites for hydroxylation is 1. The molecule has 0 unspecified atom stereocenters. The van der Waals surface area contributed by atoms with Gasteiger partial charge in [-0.15, -0.1) is 0 Å². The maximum atomic E-state index is 4.11. The van der Waals surface area contributed by atoms with Crippen LogP contribution in [0.5, 0.6) is 0 Å². The van der Waals surface area contributed by atoms with Gasteiger partial charge in [0.15, 0.2) is 0 Å². The summed E-state index contributed by atoms with van der Waals surface area (Å²) in [4.78, 5) is 0. The van der Waals surface area contributed by atoms with Crippen molar-refractivity contribution in [3.05, 3.63) is 42.2 Å². The van der Waals surface area contributed by atoms with Crippen LogP contribution >= 0.6 is 0 Å². The van der Waals surface area contributed by atoms with Crippen LogP contribution in [0, 0.1) is 0 Å². The third-order valence-electron chi connectivity index (χ3n) is 2.57. The van der Waals surface area contributed by atoms with E-state index in [2.05, 4.69) is 48.5 Å². The molecule has 84 valence electrons. The molecule has 0 radical (unpaired) electrons. The van der Waals surface area contributed by atoms with Crippen LogP contribution in [0.15, 0.2) is 36.7 Å². The number of nitrogens with one attached hydrogen (secondary N) is 1. The molecule has 3 heteroatoms. The zero-order valence-corrected chi connectivity index (χ0v) is 9.94. The molecular formula is C13H17N3. The summed E-state index contributed by atoms with van der Waals surface area (Å²) in [6, 6.07) is 8.51. The maximum absolute atomic E-state index is 4.11. The first-order valence-corrected chi connectivity index (χ1v) is 5.51. The lowest BCUT2D eigenvalue weighted by Crippen LogP contribution is -1.91. The molecule has 1 N–H and O–H groups in total. The minimum Gasteiger partial charge on any atom is -0.353 e. The molecule has 0 atom stereocenters. The van der Waals surface area contributed by atoms with Gasteiger partial charge in [0.1, 0.15) is 0 Å². The fourth-order valence-electron chi connectivity index (χ4n) is 1.60. The molecule has 0 aliphatic rings. The second-order valence-corrected chi connectivity index (χ2v) is 4.30. The molecular weight excluding hydrogens is 198 g/mol. The molecule has 2 aromatic rings. The van der Waals surface area contributed by atoms with Crippen LogP contribution in [0.1, 0.15) is 25.3 Å². The number of rotatable bonds is 3. The highest BCUT2D eigenvalue weighted by Gasteiger charge is 2.00. The van der Waals surface area contributed by atoms with Gasteiger partial charge in [0, 0.05) is 18.9 Å². The summed E-state index contributed by atoms with van der Waals surface area (Å²) in [6.45, 7) is 4.40.